The standard InChI is InChI=1S/C20H15FN2O6/c1-12(19(24)22-15-4-2-3-14(21)11-15)28-20(25)18-10-9-17(29-18)13-5-7-16(8-6-13)23(26)27/h2-12H,1H3,(H,22,24)/t12-/m0/s1. The first-order chi connectivity index (χ1) is 13.8. The van der Waals surface area contributed by atoms with Crippen LogP contribution in [0.4, 0.5) is 15.8 Å². The molecule has 0 aliphatic heterocycles. The van der Waals surface area contributed by atoms with Gasteiger partial charge in [0, 0.05) is 23.4 Å². The molecule has 0 fully saturated rings. The molecular formula is C20H15FN2O6. The maximum absolute atomic E-state index is 13.2. The number of non-ortho nitro benzene ring substituents is 1. The van der Waals surface area contributed by atoms with Crippen molar-refractivity contribution < 1.29 is 28.1 Å². The molecular weight excluding hydrogens is 383 g/mol. The average Bonchev–Trinajstić information content (AvgIpc) is 3.18. The number of nitrogens with zero attached hydrogens (tertiary/aromatic N) is 1. The minimum Gasteiger partial charge on any atom is -0.449 e. The molecule has 1 N–H and O–H groups in total. The second kappa shape index (κ2) is 8.34. The Morgan fingerprint density at radius 2 is 1.86 bits per heavy atom. The van der Waals surface area contributed by atoms with Crippen LogP contribution in [0.1, 0.15) is 17.5 Å². The van der Waals surface area contributed by atoms with Gasteiger partial charge in [0.2, 0.25) is 5.76 Å². The summed E-state index contributed by atoms with van der Waals surface area (Å²) >= 11 is 0. The lowest BCUT2D eigenvalue weighted by molar-refractivity contribution is -0.384. The number of ether oxygens (including phenoxy) is 1. The maximum atomic E-state index is 13.2. The van der Waals surface area contributed by atoms with Crippen LogP contribution in [0.2, 0.25) is 0 Å². The lowest BCUT2D eigenvalue weighted by atomic mass is 10.1. The molecule has 0 spiro atoms. The Labute approximate surface area is 164 Å². The van der Waals surface area contributed by atoms with Gasteiger partial charge in [-0.3, -0.25) is 14.9 Å². The van der Waals surface area contributed by atoms with E-state index in [-0.39, 0.29) is 17.1 Å². The van der Waals surface area contributed by atoms with E-state index in [0.29, 0.717) is 11.3 Å². The molecule has 148 valence electrons. The van der Waals surface area contributed by atoms with Gasteiger partial charge >= 0.3 is 5.97 Å². The molecule has 1 aromatic heterocycles. The summed E-state index contributed by atoms with van der Waals surface area (Å²) in [5, 5.41) is 13.1. The number of halogens is 1. The van der Waals surface area contributed by atoms with Crippen LogP contribution in [0.3, 0.4) is 0 Å². The van der Waals surface area contributed by atoms with Crippen molar-refractivity contribution in [1.29, 1.82) is 0 Å². The summed E-state index contributed by atoms with van der Waals surface area (Å²) in [5.41, 5.74) is 0.695. The fourth-order valence-corrected chi connectivity index (χ4v) is 2.43. The maximum Gasteiger partial charge on any atom is 0.375 e. The van der Waals surface area contributed by atoms with E-state index in [1.807, 2.05) is 0 Å². The number of carbonyl (C=O) groups is 2. The number of benzene rings is 2. The number of rotatable bonds is 6. The van der Waals surface area contributed by atoms with Crippen LogP contribution in [0.25, 0.3) is 11.3 Å². The van der Waals surface area contributed by atoms with Gasteiger partial charge in [-0.1, -0.05) is 6.07 Å². The van der Waals surface area contributed by atoms with Gasteiger partial charge in [0.25, 0.3) is 11.6 Å². The first kappa shape index (κ1) is 19.7. The van der Waals surface area contributed by atoms with Crippen LogP contribution < -0.4 is 5.32 Å². The highest BCUT2D eigenvalue weighted by atomic mass is 19.1. The second-order valence-electron chi connectivity index (χ2n) is 6.02. The van der Waals surface area contributed by atoms with Gasteiger partial charge in [-0.2, -0.15) is 0 Å². The molecule has 1 atom stereocenters. The average molecular weight is 398 g/mol. The van der Waals surface area contributed by atoms with Gasteiger partial charge in [0.1, 0.15) is 11.6 Å². The normalized spacial score (nSPS) is 11.5. The molecule has 0 aliphatic carbocycles. The summed E-state index contributed by atoms with van der Waals surface area (Å²) in [5.74, 6) is -1.83. The highest BCUT2D eigenvalue weighted by molar-refractivity contribution is 5.96. The Kier molecular flexibility index (Phi) is 5.68. The molecule has 2 aromatic carbocycles. The number of hydrogen-bond acceptors (Lipinski definition) is 6. The molecule has 0 aliphatic rings. The van der Waals surface area contributed by atoms with E-state index in [0.717, 1.165) is 6.07 Å². The zero-order valence-electron chi connectivity index (χ0n) is 15.1. The third-order valence-corrected chi connectivity index (χ3v) is 3.92. The summed E-state index contributed by atoms with van der Waals surface area (Å²) in [7, 11) is 0. The fourth-order valence-electron chi connectivity index (χ4n) is 2.43. The number of hydrogen-bond donors (Lipinski definition) is 1. The molecule has 0 saturated carbocycles. The topological polar surface area (TPSA) is 112 Å². The third kappa shape index (κ3) is 4.83. The number of carbonyl (C=O) groups excluding carboxylic acids is 2. The van der Waals surface area contributed by atoms with Crippen molar-refractivity contribution in [2.45, 2.75) is 13.0 Å². The van der Waals surface area contributed by atoms with Crippen molar-refractivity contribution in [3.05, 3.63) is 82.4 Å². The summed E-state index contributed by atoms with van der Waals surface area (Å²) < 4.78 is 23.7. The van der Waals surface area contributed by atoms with E-state index in [9.17, 15) is 24.1 Å². The molecule has 0 unspecified atom stereocenters. The van der Waals surface area contributed by atoms with E-state index >= 15 is 0 Å². The van der Waals surface area contributed by atoms with Crippen LogP contribution in [0, 0.1) is 15.9 Å². The van der Waals surface area contributed by atoms with Gasteiger partial charge in [-0.25, -0.2) is 9.18 Å². The van der Waals surface area contributed by atoms with Crippen molar-refractivity contribution in [2.24, 2.45) is 0 Å². The Morgan fingerprint density at radius 3 is 2.52 bits per heavy atom. The summed E-state index contributed by atoms with van der Waals surface area (Å²) in [4.78, 5) is 34.5. The summed E-state index contributed by atoms with van der Waals surface area (Å²) in [6.07, 6.45) is -1.15. The van der Waals surface area contributed by atoms with Crippen molar-refractivity contribution in [2.75, 3.05) is 5.32 Å². The van der Waals surface area contributed by atoms with Crippen LogP contribution in [0.5, 0.6) is 0 Å². The molecule has 8 nitrogen and oxygen atoms in total. The van der Waals surface area contributed by atoms with Gasteiger partial charge in [-0.05, 0) is 49.4 Å². The van der Waals surface area contributed by atoms with Gasteiger partial charge < -0.3 is 14.5 Å². The lowest BCUT2D eigenvalue weighted by Gasteiger charge is -2.12. The fraction of sp³-hybridized carbons (Fsp3) is 0.100. The van der Waals surface area contributed by atoms with Crippen LogP contribution in [-0.4, -0.2) is 22.9 Å². The first-order valence-electron chi connectivity index (χ1n) is 8.45. The summed E-state index contributed by atoms with van der Waals surface area (Å²) in [6, 6.07) is 13.8. The van der Waals surface area contributed by atoms with Crippen molar-refractivity contribution in [1.82, 2.24) is 0 Å². The number of nitro groups is 1. The lowest BCUT2D eigenvalue weighted by Crippen LogP contribution is -2.29. The Hall–Kier alpha value is -4.01. The van der Waals surface area contributed by atoms with E-state index in [2.05, 4.69) is 5.32 Å². The molecule has 0 saturated heterocycles. The third-order valence-electron chi connectivity index (χ3n) is 3.92. The van der Waals surface area contributed by atoms with Crippen LogP contribution in [0.15, 0.2) is 65.1 Å². The van der Waals surface area contributed by atoms with E-state index < -0.39 is 28.7 Å². The monoisotopic (exact) mass is 398 g/mol. The Balaban J connectivity index is 1.63. The Morgan fingerprint density at radius 1 is 1.14 bits per heavy atom. The van der Waals surface area contributed by atoms with Gasteiger partial charge in [0.15, 0.2) is 6.10 Å². The zero-order chi connectivity index (χ0) is 21.0. The largest absolute Gasteiger partial charge is 0.449 e. The molecule has 0 radical (unpaired) electrons. The highest BCUT2D eigenvalue weighted by Crippen LogP contribution is 2.25. The molecule has 3 aromatic rings. The molecule has 29 heavy (non-hydrogen) atoms. The van der Waals surface area contributed by atoms with Crippen molar-refractivity contribution in [3.63, 3.8) is 0 Å². The molecule has 0 bridgehead atoms. The minimum atomic E-state index is -1.15. The van der Waals surface area contributed by atoms with E-state index in [1.165, 1.54) is 61.5 Å². The van der Waals surface area contributed by atoms with E-state index in [4.69, 9.17) is 9.15 Å². The highest BCUT2D eigenvalue weighted by Gasteiger charge is 2.22. The molecule has 1 amide bonds. The minimum absolute atomic E-state index is 0.0712. The van der Waals surface area contributed by atoms with Gasteiger partial charge in [-0.15, -0.1) is 0 Å². The number of amides is 1. The van der Waals surface area contributed by atoms with Crippen molar-refractivity contribution in [3.8, 4) is 11.3 Å². The quantitative estimate of drug-likeness (QED) is 0.379. The van der Waals surface area contributed by atoms with E-state index in [1.54, 1.807) is 0 Å². The number of nitro benzene ring substituents is 1. The predicted molar refractivity (Wildman–Crippen MR) is 101 cm³/mol. The predicted octanol–water partition coefficient (Wildman–Crippen LogP) is 4.18. The number of esters is 1. The Bertz CT molecular complexity index is 1060. The first-order valence-corrected chi connectivity index (χ1v) is 8.45. The summed E-state index contributed by atoms with van der Waals surface area (Å²) in [6.45, 7) is 1.37. The molecule has 9 heteroatoms. The number of anilines is 1. The molecule has 3 rings (SSSR count). The number of nitrogens with one attached hydrogen (secondary N) is 1. The second-order valence-corrected chi connectivity index (χ2v) is 6.02. The van der Waals surface area contributed by atoms with Crippen LogP contribution >= 0.6 is 0 Å². The van der Waals surface area contributed by atoms with Crippen LogP contribution in [-0.2, 0) is 9.53 Å². The number of furan rings is 1. The smallest absolute Gasteiger partial charge is 0.375 e. The van der Waals surface area contributed by atoms with Crippen molar-refractivity contribution >= 4 is 23.3 Å². The zero-order valence-corrected chi connectivity index (χ0v) is 15.1. The molecule has 1 heterocycles. The SMILES string of the molecule is C[C@H](OC(=O)c1ccc(-c2ccc([N+](=O)[O-])cc2)o1)C(=O)Nc1cccc(F)c1. The van der Waals surface area contributed by atoms with Gasteiger partial charge in [0.05, 0.1) is 4.92 Å².